The summed E-state index contributed by atoms with van der Waals surface area (Å²) in [5.74, 6) is -1.06. The van der Waals surface area contributed by atoms with E-state index in [1.807, 2.05) is 0 Å². The number of carboxylic acids is 1. The van der Waals surface area contributed by atoms with E-state index >= 15 is 0 Å². The molecule has 5 heteroatoms. The van der Waals surface area contributed by atoms with E-state index in [9.17, 15) is 9.59 Å². The lowest BCUT2D eigenvalue weighted by molar-refractivity contribution is -0.158. The Labute approximate surface area is 112 Å². The molecular formula is C14H18O5. The highest BCUT2D eigenvalue weighted by molar-refractivity contribution is 5.79. The number of ether oxygens (including phenoxy) is 2. The molecule has 0 amide bonds. The van der Waals surface area contributed by atoms with Crippen LogP contribution in [0.3, 0.4) is 0 Å². The zero-order valence-corrected chi connectivity index (χ0v) is 11.3. The fraction of sp³-hybridized carbons (Fsp3) is 0.429. The summed E-state index contributed by atoms with van der Waals surface area (Å²) in [5.41, 5.74) is -0.641. The molecule has 5 nitrogen and oxygen atoms in total. The van der Waals surface area contributed by atoms with Crippen LogP contribution in [-0.2, 0) is 20.7 Å². The van der Waals surface area contributed by atoms with Crippen LogP contribution in [0.25, 0.3) is 0 Å². The summed E-state index contributed by atoms with van der Waals surface area (Å²) in [6.07, 6.45) is -0.158. The third-order valence-corrected chi connectivity index (χ3v) is 2.45. The van der Waals surface area contributed by atoms with Gasteiger partial charge in [0.2, 0.25) is 0 Å². The Bertz CT molecular complexity index is 465. The van der Waals surface area contributed by atoms with Gasteiger partial charge in [0, 0.05) is 5.56 Å². The highest BCUT2D eigenvalue weighted by atomic mass is 16.6. The summed E-state index contributed by atoms with van der Waals surface area (Å²) in [6, 6.07) is 6.74. The van der Waals surface area contributed by atoms with E-state index in [0.717, 1.165) is 0 Å². The smallest absolute Gasteiger partial charge is 0.349 e. The molecule has 1 aromatic carbocycles. The second-order valence-corrected chi connectivity index (χ2v) is 4.51. The second-order valence-electron chi connectivity index (χ2n) is 4.51. The van der Waals surface area contributed by atoms with Gasteiger partial charge in [-0.05, 0) is 26.8 Å². The maximum Gasteiger partial charge on any atom is 0.349 e. The topological polar surface area (TPSA) is 72.8 Å². The Balaban J connectivity index is 2.92. The average molecular weight is 266 g/mol. The first-order chi connectivity index (χ1) is 8.86. The molecule has 0 fully saturated rings. The lowest BCUT2D eigenvalue weighted by atomic mass is 10.1. The first kappa shape index (κ1) is 15.0. The Morgan fingerprint density at radius 3 is 2.47 bits per heavy atom. The molecule has 0 spiro atoms. The van der Waals surface area contributed by atoms with E-state index in [1.165, 1.54) is 0 Å². The van der Waals surface area contributed by atoms with Crippen molar-refractivity contribution in [2.75, 3.05) is 6.61 Å². The minimum absolute atomic E-state index is 0.158. The van der Waals surface area contributed by atoms with Gasteiger partial charge < -0.3 is 14.6 Å². The molecule has 0 aliphatic carbocycles. The standard InChI is InChI=1S/C14H18O5/c1-4-18-13(17)14(2,3)19-11-8-6-5-7-10(11)9-12(15)16/h5-8H,4,9H2,1-3H3,(H,15,16). The van der Waals surface area contributed by atoms with Crippen molar-refractivity contribution in [3.05, 3.63) is 29.8 Å². The van der Waals surface area contributed by atoms with E-state index in [1.54, 1.807) is 45.0 Å². The van der Waals surface area contributed by atoms with Gasteiger partial charge in [0.25, 0.3) is 0 Å². The van der Waals surface area contributed by atoms with Crippen molar-refractivity contribution in [2.45, 2.75) is 32.8 Å². The number of esters is 1. The van der Waals surface area contributed by atoms with Crippen LogP contribution in [0.15, 0.2) is 24.3 Å². The Morgan fingerprint density at radius 2 is 1.89 bits per heavy atom. The Morgan fingerprint density at radius 1 is 1.26 bits per heavy atom. The van der Waals surface area contributed by atoms with Gasteiger partial charge in [-0.2, -0.15) is 0 Å². The van der Waals surface area contributed by atoms with Crippen LogP contribution >= 0.6 is 0 Å². The van der Waals surface area contributed by atoms with Gasteiger partial charge in [0.1, 0.15) is 5.75 Å². The lowest BCUT2D eigenvalue weighted by Crippen LogP contribution is -2.40. The monoisotopic (exact) mass is 266 g/mol. The summed E-state index contributed by atoms with van der Waals surface area (Å²) < 4.78 is 10.5. The molecule has 0 atom stereocenters. The van der Waals surface area contributed by atoms with Gasteiger partial charge in [-0.1, -0.05) is 18.2 Å². The number of rotatable bonds is 6. The van der Waals surface area contributed by atoms with Crippen molar-refractivity contribution in [3.8, 4) is 5.75 Å². The fourth-order valence-electron chi connectivity index (χ4n) is 1.53. The minimum atomic E-state index is -1.16. The van der Waals surface area contributed by atoms with Crippen LogP contribution in [0.2, 0.25) is 0 Å². The number of carbonyl (C=O) groups is 2. The molecule has 19 heavy (non-hydrogen) atoms. The zero-order chi connectivity index (χ0) is 14.5. The first-order valence-electron chi connectivity index (χ1n) is 6.02. The number of hydrogen-bond acceptors (Lipinski definition) is 4. The van der Waals surface area contributed by atoms with Crippen LogP contribution in [0.4, 0.5) is 0 Å². The van der Waals surface area contributed by atoms with Crippen LogP contribution < -0.4 is 4.74 Å². The van der Waals surface area contributed by atoms with Crippen molar-refractivity contribution < 1.29 is 24.2 Å². The molecule has 0 heterocycles. The van der Waals surface area contributed by atoms with Gasteiger partial charge >= 0.3 is 11.9 Å². The predicted molar refractivity (Wildman–Crippen MR) is 69.1 cm³/mol. The van der Waals surface area contributed by atoms with E-state index < -0.39 is 17.5 Å². The first-order valence-corrected chi connectivity index (χ1v) is 6.02. The van der Waals surface area contributed by atoms with Crippen molar-refractivity contribution in [1.29, 1.82) is 0 Å². The number of para-hydroxylation sites is 1. The molecule has 0 aromatic heterocycles. The van der Waals surface area contributed by atoms with Gasteiger partial charge in [0.15, 0.2) is 5.60 Å². The molecule has 0 saturated carbocycles. The maximum absolute atomic E-state index is 11.7. The highest BCUT2D eigenvalue weighted by Gasteiger charge is 2.32. The van der Waals surface area contributed by atoms with Crippen LogP contribution in [0.1, 0.15) is 26.3 Å². The van der Waals surface area contributed by atoms with Crippen molar-refractivity contribution >= 4 is 11.9 Å². The van der Waals surface area contributed by atoms with Gasteiger partial charge in [-0.25, -0.2) is 4.79 Å². The van der Waals surface area contributed by atoms with Crippen molar-refractivity contribution in [2.24, 2.45) is 0 Å². The van der Waals surface area contributed by atoms with E-state index in [-0.39, 0.29) is 13.0 Å². The third kappa shape index (κ3) is 4.28. The zero-order valence-electron chi connectivity index (χ0n) is 11.3. The van der Waals surface area contributed by atoms with Crippen molar-refractivity contribution in [3.63, 3.8) is 0 Å². The molecule has 0 aliphatic rings. The Kier molecular flexibility index (Phi) is 4.92. The molecular weight excluding hydrogens is 248 g/mol. The molecule has 0 saturated heterocycles. The van der Waals surface area contributed by atoms with Gasteiger partial charge in [-0.3, -0.25) is 4.79 Å². The normalized spacial score (nSPS) is 10.9. The SMILES string of the molecule is CCOC(=O)C(C)(C)Oc1ccccc1CC(=O)O. The Hall–Kier alpha value is -2.04. The highest BCUT2D eigenvalue weighted by Crippen LogP contribution is 2.24. The molecule has 0 bridgehead atoms. The molecule has 1 rings (SSSR count). The molecule has 0 radical (unpaired) electrons. The maximum atomic E-state index is 11.7. The number of carboxylic acid groups (broad SMARTS) is 1. The third-order valence-electron chi connectivity index (χ3n) is 2.45. The molecule has 0 aliphatic heterocycles. The number of carbonyl (C=O) groups excluding carboxylic acids is 1. The second kappa shape index (κ2) is 6.22. The van der Waals surface area contributed by atoms with Crippen LogP contribution in [-0.4, -0.2) is 29.3 Å². The molecule has 1 N–H and O–H groups in total. The molecule has 104 valence electrons. The summed E-state index contributed by atoms with van der Waals surface area (Å²) in [5, 5.41) is 8.84. The summed E-state index contributed by atoms with van der Waals surface area (Å²) in [7, 11) is 0. The van der Waals surface area contributed by atoms with E-state index in [2.05, 4.69) is 0 Å². The summed E-state index contributed by atoms with van der Waals surface area (Å²) >= 11 is 0. The molecule has 1 aromatic rings. The van der Waals surface area contributed by atoms with Crippen LogP contribution in [0, 0.1) is 0 Å². The number of hydrogen-bond donors (Lipinski definition) is 1. The van der Waals surface area contributed by atoms with Gasteiger partial charge in [-0.15, -0.1) is 0 Å². The average Bonchev–Trinajstić information content (AvgIpc) is 2.31. The van der Waals surface area contributed by atoms with E-state index in [4.69, 9.17) is 14.6 Å². The minimum Gasteiger partial charge on any atom is -0.481 e. The summed E-state index contributed by atoms with van der Waals surface area (Å²) in [6.45, 7) is 5.15. The summed E-state index contributed by atoms with van der Waals surface area (Å²) in [4.78, 5) is 22.5. The quantitative estimate of drug-likeness (QED) is 0.797. The fourth-order valence-corrected chi connectivity index (χ4v) is 1.53. The predicted octanol–water partition coefficient (Wildman–Crippen LogP) is 2.03. The largest absolute Gasteiger partial charge is 0.481 e. The van der Waals surface area contributed by atoms with Crippen LogP contribution in [0.5, 0.6) is 5.75 Å². The number of benzene rings is 1. The lowest BCUT2D eigenvalue weighted by Gasteiger charge is -2.25. The van der Waals surface area contributed by atoms with Crippen molar-refractivity contribution in [1.82, 2.24) is 0 Å². The number of aliphatic carboxylic acids is 1. The van der Waals surface area contributed by atoms with E-state index in [0.29, 0.717) is 11.3 Å². The molecule has 0 unspecified atom stereocenters. The van der Waals surface area contributed by atoms with Gasteiger partial charge in [0.05, 0.1) is 13.0 Å².